The van der Waals surface area contributed by atoms with Gasteiger partial charge in [0.05, 0.1) is 11.8 Å². The number of aryl methyl sites for hydroxylation is 3. The van der Waals surface area contributed by atoms with Gasteiger partial charge in [-0.25, -0.2) is 0 Å². The van der Waals surface area contributed by atoms with E-state index in [1.165, 1.54) is 22.5 Å². The highest BCUT2D eigenvalue weighted by Crippen LogP contribution is 2.30. The third kappa shape index (κ3) is 1.95. The molecule has 0 atom stereocenters. The lowest BCUT2D eigenvalue weighted by atomic mass is 10.1. The number of nitrogens with zero attached hydrogens (tertiary/aromatic N) is 4. The van der Waals surface area contributed by atoms with Gasteiger partial charge in [-0.15, -0.1) is 10.2 Å². The van der Waals surface area contributed by atoms with Gasteiger partial charge in [-0.1, -0.05) is 23.5 Å². The molecule has 0 fully saturated rings. The van der Waals surface area contributed by atoms with E-state index in [1.54, 1.807) is 10.8 Å². The fraction of sp³-hybridized carbons (Fsp3) is 0.188. The molecule has 0 N–H and O–H groups in total. The lowest BCUT2D eigenvalue weighted by Gasteiger charge is -2.01. The van der Waals surface area contributed by atoms with Gasteiger partial charge < -0.3 is 4.42 Å². The molecule has 22 heavy (non-hydrogen) atoms. The van der Waals surface area contributed by atoms with Gasteiger partial charge in [-0.2, -0.15) is 9.61 Å². The Bertz CT molecular complexity index is 979. The quantitative estimate of drug-likeness (QED) is 0.561. The monoisotopic (exact) mass is 310 g/mol. The smallest absolute Gasteiger partial charge is 0.235 e. The Morgan fingerprint density at radius 2 is 1.91 bits per heavy atom. The standard InChI is InChI=1S/C16H14N4OS/c1-9-4-5-12(8-10(9)2)15-19-20-14(17-18-16(20)22-15)13-6-7-21-11(13)3/h4-8H,1-3H3. The van der Waals surface area contributed by atoms with Crippen LogP contribution in [0.5, 0.6) is 0 Å². The minimum absolute atomic E-state index is 0.715. The predicted molar refractivity (Wildman–Crippen MR) is 86.0 cm³/mol. The van der Waals surface area contributed by atoms with Crippen LogP contribution in [0.25, 0.3) is 26.9 Å². The Morgan fingerprint density at radius 1 is 1.05 bits per heavy atom. The molecule has 0 saturated carbocycles. The average Bonchev–Trinajstić information content (AvgIpc) is 3.17. The normalized spacial score (nSPS) is 11.4. The summed E-state index contributed by atoms with van der Waals surface area (Å²) in [7, 11) is 0. The third-order valence-electron chi connectivity index (χ3n) is 3.84. The molecule has 110 valence electrons. The summed E-state index contributed by atoms with van der Waals surface area (Å²) in [6.45, 7) is 6.13. The van der Waals surface area contributed by atoms with Gasteiger partial charge in [0.2, 0.25) is 4.96 Å². The van der Waals surface area contributed by atoms with Crippen molar-refractivity contribution in [2.75, 3.05) is 0 Å². The Balaban J connectivity index is 1.86. The van der Waals surface area contributed by atoms with E-state index in [1.807, 2.05) is 13.0 Å². The summed E-state index contributed by atoms with van der Waals surface area (Å²) in [5, 5.41) is 14.1. The summed E-state index contributed by atoms with van der Waals surface area (Å²) < 4.78 is 7.14. The molecule has 5 nitrogen and oxygen atoms in total. The Kier molecular flexibility index (Phi) is 2.87. The second kappa shape index (κ2) is 4.78. The molecule has 3 aromatic heterocycles. The van der Waals surface area contributed by atoms with Crippen LogP contribution in [0.3, 0.4) is 0 Å². The summed E-state index contributed by atoms with van der Waals surface area (Å²) in [6.07, 6.45) is 1.66. The fourth-order valence-corrected chi connectivity index (χ4v) is 3.23. The van der Waals surface area contributed by atoms with Gasteiger partial charge in [0.25, 0.3) is 0 Å². The predicted octanol–water partition coefficient (Wildman–Crippen LogP) is 4.04. The molecule has 1 aromatic carbocycles. The minimum Gasteiger partial charge on any atom is -0.469 e. The van der Waals surface area contributed by atoms with Crippen LogP contribution in [0, 0.1) is 20.8 Å². The molecular formula is C16H14N4OS. The van der Waals surface area contributed by atoms with E-state index in [-0.39, 0.29) is 0 Å². The van der Waals surface area contributed by atoms with Crippen LogP contribution in [0.1, 0.15) is 16.9 Å². The van der Waals surface area contributed by atoms with E-state index in [0.29, 0.717) is 5.82 Å². The van der Waals surface area contributed by atoms with Crippen LogP contribution in [-0.4, -0.2) is 19.8 Å². The zero-order valence-corrected chi connectivity index (χ0v) is 13.3. The molecule has 0 unspecified atom stereocenters. The van der Waals surface area contributed by atoms with E-state index in [0.717, 1.165) is 26.9 Å². The molecule has 0 bridgehead atoms. The number of hydrogen-bond donors (Lipinski definition) is 0. The molecule has 0 radical (unpaired) electrons. The van der Waals surface area contributed by atoms with E-state index in [9.17, 15) is 0 Å². The third-order valence-corrected chi connectivity index (χ3v) is 4.79. The average molecular weight is 310 g/mol. The van der Waals surface area contributed by atoms with Gasteiger partial charge in [-0.3, -0.25) is 0 Å². The second-order valence-electron chi connectivity index (χ2n) is 5.31. The second-order valence-corrected chi connectivity index (χ2v) is 6.27. The summed E-state index contributed by atoms with van der Waals surface area (Å²) in [5.41, 5.74) is 4.56. The van der Waals surface area contributed by atoms with Crippen LogP contribution in [0.2, 0.25) is 0 Å². The number of rotatable bonds is 2. The van der Waals surface area contributed by atoms with Crippen molar-refractivity contribution < 1.29 is 4.42 Å². The lowest BCUT2D eigenvalue weighted by Crippen LogP contribution is -1.91. The van der Waals surface area contributed by atoms with Crippen molar-refractivity contribution in [3.63, 3.8) is 0 Å². The maximum atomic E-state index is 5.35. The van der Waals surface area contributed by atoms with Crippen molar-refractivity contribution in [2.45, 2.75) is 20.8 Å². The number of benzene rings is 1. The summed E-state index contributed by atoms with van der Waals surface area (Å²) in [6, 6.07) is 8.26. The van der Waals surface area contributed by atoms with Gasteiger partial charge in [-0.05, 0) is 44.0 Å². The van der Waals surface area contributed by atoms with E-state index < -0.39 is 0 Å². The highest BCUT2D eigenvalue weighted by atomic mass is 32.1. The van der Waals surface area contributed by atoms with Crippen LogP contribution in [0.4, 0.5) is 0 Å². The Morgan fingerprint density at radius 3 is 2.64 bits per heavy atom. The molecule has 0 aliphatic rings. The number of hydrogen-bond acceptors (Lipinski definition) is 5. The summed E-state index contributed by atoms with van der Waals surface area (Å²) >= 11 is 1.54. The van der Waals surface area contributed by atoms with E-state index in [4.69, 9.17) is 4.42 Å². The van der Waals surface area contributed by atoms with Crippen molar-refractivity contribution in [2.24, 2.45) is 0 Å². The van der Waals surface area contributed by atoms with Crippen LogP contribution in [0.15, 0.2) is 34.9 Å². The number of furan rings is 1. The number of fused-ring (bicyclic) bond motifs is 1. The van der Waals surface area contributed by atoms with Crippen LogP contribution >= 0.6 is 11.3 Å². The molecule has 0 amide bonds. The molecule has 6 heteroatoms. The summed E-state index contributed by atoms with van der Waals surface area (Å²) in [4.78, 5) is 0.781. The van der Waals surface area contributed by atoms with Gasteiger partial charge >= 0.3 is 0 Å². The minimum atomic E-state index is 0.715. The molecule has 0 saturated heterocycles. The molecule has 3 heterocycles. The Hall–Kier alpha value is -2.47. The lowest BCUT2D eigenvalue weighted by molar-refractivity contribution is 0.535. The van der Waals surface area contributed by atoms with E-state index >= 15 is 0 Å². The van der Waals surface area contributed by atoms with E-state index in [2.05, 4.69) is 47.3 Å². The maximum absolute atomic E-state index is 5.35. The van der Waals surface area contributed by atoms with Gasteiger partial charge in [0, 0.05) is 5.56 Å². The van der Waals surface area contributed by atoms with Crippen molar-refractivity contribution in [3.05, 3.63) is 47.4 Å². The first-order chi connectivity index (χ1) is 10.6. The molecule has 4 rings (SSSR count). The highest BCUT2D eigenvalue weighted by Gasteiger charge is 2.17. The largest absolute Gasteiger partial charge is 0.469 e. The van der Waals surface area contributed by atoms with Gasteiger partial charge in [0.1, 0.15) is 10.8 Å². The molecule has 0 aliphatic carbocycles. The first kappa shape index (κ1) is 13.2. The van der Waals surface area contributed by atoms with Crippen molar-refractivity contribution in [1.82, 2.24) is 19.8 Å². The molecular weight excluding hydrogens is 296 g/mol. The van der Waals surface area contributed by atoms with Crippen molar-refractivity contribution in [3.8, 4) is 22.0 Å². The fourth-order valence-electron chi connectivity index (χ4n) is 2.39. The SMILES string of the molecule is Cc1ccc(-c2nn3c(-c4ccoc4C)nnc3s2)cc1C. The Labute approximate surface area is 131 Å². The molecule has 0 aliphatic heterocycles. The molecule has 0 spiro atoms. The van der Waals surface area contributed by atoms with Crippen molar-refractivity contribution in [1.29, 1.82) is 0 Å². The van der Waals surface area contributed by atoms with Crippen LogP contribution in [-0.2, 0) is 0 Å². The first-order valence-corrected chi connectivity index (χ1v) is 7.79. The summed E-state index contributed by atoms with van der Waals surface area (Å²) in [5.74, 6) is 1.53. The zero-order valence-electron chi connectivity index (χ0n) is 12.5. The zero-order chi connectivity index (χ0) is 15.3. The van der Waals surface area contributed by atoms with Crippen molar-refractivity contribution >= 4 is 16.3 Å². The topological polar surface area (TPSA) is 56.2 Å². The van der Waals surface area contributed by atoms with Gasteiger partial charge in [0.15, 0.2) is 5.82 Å². The first-order valence-electron chi connectivity index (χ1n) is 6.98. The highest BCUT2D eigenvalue weighted by molar-refractivity contribution is 7.19. The molecule has 4 aromatic rings. The number of aromatic nitrogens is 4. The maximum Gasteiger partial charge on any atom is 0.235 e. The van der Waals surface area contributed by atoms with Crippen LogP contribution < -0.4 is 0 Å².